The van der Waals surface area contributed by atoms with Gasteiger partial charge in [-0.1, -0.05) is 27.5 Å². The summed E-state index contributed by atoms with van der Waals surface area (Å²) in [6.07, 6.45) is 5.92. The molecule has 0 radical (unpaired) electrons. The quantitative estimate of drug-likeness (QED) is 0.492. The van der Waals surface area contributed by atoms with Crippen molar-refractivity contribution in [3.8, 4) is 0 Å². The van der Waals surface area contributed by atoms with Gasteiger partial charge in [0.15, 0.2) is 0 Å². The molecule has 1 atom stereocenters. The molecule has 2 fully saturated rings. The van der Waals surface area contributed by atoms with E-state index in [0.29, 0.717) is 31.2 Å². The monoisotopic (exact) mass is 636 g/mol. The van der Waals surface area contributed by atoms with E-state index in [1.807, 2.05) is 12.3 Å². The average Bonchev–Trinajstić information content (AvgIpc) is 3.02. The van der Waals surface area contributed by atoms with Gasteiger partial charge in [-0.05, 0) is 88.8 Å². The van der Waals surface area contributed by atoms with E-state index in [1.165, 1.54) is 21.6 Å². The van der Waals surface area contributed by atoms with Crippen molar-refractivity contribution in [2.45, 2.75) is 38.0 Å². The first-order valence-electron chi connectivity index (χ1n) is 12.3. The number of fused-ring (bicyclic) bond motifs is 2. The second kappa shape index (κ2) is 10.8. The molecule has 2 saturated heterocycles. The fourth-order valence-corrected chi connectivity index (χ4v) is 7.21. The fraction of sp³-hybridized carbons (Fsp3) is 0.462. The van der Waals surface area contributed by atoms with Crippen LogP contribution in [0.2, 0.25) is 5.02 Å². The van der Waals surface area contributed by atoms with Crippen LogP contribution in [-0.2, 0) is 22.4 Å². The summed E-state index contributed by atoms with van der Waals surface area (Å²) in [4.78, 5) is 45.5. The third-order valence-electron chi connectivity index (χ3n) is 7.46. The number of piperidine rings is 1. The minimum absolute atomic E-state index is 0.0715. The van der Waals surface area contributed by atoms with Gasteiger partial charge in [0.05, 0.1) is 12.2 Å². The van der Waals surface area contributed by atoms with Crippen LogP contribution in [0.15, 0.2) is 33.3 Å². The van der Waals surface area contributed by atoms with E-state index in [2.05, 4.69) is 49.3 Å². The minimum Gasteiger partial charge on any atom is -0.338 e. The number of carbonyl (C=O) groups excluding carboxylic acids is 3. The number of urea groups is 1. The number of ketones is 1. The molecule has 1 aromatic carbocycles. The molecule has 3 amide bonds. The number of aryl methyl sites for hydroxylation is 2. The number of rotatable bonds is 4. The topological polar surface area (TPSA) is 82.6 Å². The van der Waals surface area contributed by atoms with Crippen molar-refractivity contribution in [3.63, 3.8) is 0 Å². The number of nitrogens with zero attached hydrogens (tertiary/aromatic N) is 3. The largest absolute Gasteiger partial charge is 0.338 e. The SMILES string of the molecule is O=C(CN1CCCNC1=O)C(=O)N1CCC(C2c3ncc(Br)cc3CCc3cc(Cl)cc(Br)c32)CC1. The van der Waals surface area contributed by atoms with Crippen LogP contribution in [0.3, 0.4) is 0 Å². The third-order valence-corrected chi connectivity index (χ3v) is 8.76. The van der Waals surface area contributed by atoms with Gasteiger partial charge in [-0.2, -0.15) is 0 Å². The molecule has 10 heteroatoms. The molecule has 5 rings (SSSR count). The summed E-state index contributed by atoms with van der Waals surface area (Å²) in [6.45, 7) is 1.94. The van der Waals surface area contributed by atoms with Gasteiger partial charge in [0.2, 0.25) is 5.78 Å². The first kappa shape index (κ1) is 25.7. The van der Waals surface area contributed by atoms with Crippen LogP contribution in [-0.4, -0.2) is 65.2 Å². The molecule has 1 aromatic heterocycles. The number of halogens is 3. The third kappa shape index (κ3) is 5.20. The molecule has 0 saturated carbocycles. The Morgan fingerprint density at radius 3 is 2.58 bits per heavy atom. The van der Waals surface area contributed by atoms with Crippen molar-refractivity contribution in [1.82, 2.24) is 20.1 Å². The highest BCUT2D eigenvalue weighted by Crippen LogP contribution is 2.46. The first-order chi connectivity index (χ1) is 17.3. The highest BCUT2D eigenvalue weighted by molar-refractivity contribution is 9.10. The Bertz CT molecular complexity index is 1220. The molecular formula is C26H27Br2ClN4O3. The van der Waals surface area contributed by atoms with Crippen molar-refractivity contribution < 1.29 is 14.4 Å². The fourth-order valence-electron chi connectivity index (χ4n) is 5.71. The Morgan fingerprint density at radius 1 is 1.08 bits per heavy atom. The number of hydrogen-bond donors (Lipinski definition) is 1. The first-order valence-corrected chi connectivity index (χ1v) is 14.2. The van der Waals surface area contributed by atoms with Crippen LogP contribution in [0.5, 0.6) is 0 Å². The molecule has 1 aliphatic carbocycles. The van der Waals surface area contributed by atoms with Gasteiger partial charge in [-0.15, -0.1) is 0 Å². The van der Waals surface area contributed by atoms with Crippen molar-refractivity contribution in [1.29, 1.82) is 0 Å². The summed E-state index contributed by atoms with van der Waals surface area (Å²) < 4.78 is 1.95. The molecular weight excluding hydrogens is 612 g/mol. The normalized spacial score (nSPS) is 20.3. The van der Waals surface area contributed by atoms with Gasteiger partial charge < -0.3 is 15.1 Å². The molecule has 2 aliphatic heterocycles. The predicted octanol–water partition coefficient (Wildman–Crippen LogP) is 4.71. The minimum atomic E-state index is -0.528. The molecule has 3 heterocycles. The van der Waals surface area contributed by atoms with Crippen LogP contribution in [0, 0.1) is 5.92 Å². The molecule has 0 spiro atoms. The zero-order valence-electron chi connectivity index (χ0n) is 19.7. The number of pyridine rings is 1. The van der Waals surface area contributed by atoms with Crippen LogP contribution < -0.4 is 5.32 Å². The lowest BCUT2D eigenvalue weighted by atomic mass is 9.76. The van der Waals surface area contributed by atoms with E-state index >= 15 is 0 Å². The highest BCUT2D eigenvalue weighted by atomic mass is 79.9. The Balaban J connectivity index is 1.35. The summed E-state index contributed by atoms with van der Waals surface area (Å²) in [5.74, 6) is -0.691. The van der Waals surface area contributed by atoms with Gasteiger partial charge in [0.25, 0.3) is 5.91 Å². The van der Waals surface area contributed by atoms with Gasteiger partial charge in [0, 0.05) is 52.3 Å². The Kier molecular flexibility index (Phi) is 7.70. The molecule has 1 N–H and O–H groups in total. The maximum absolute atomic E-state index is 12.9. The number of aromatic nitrogens is 1. The Morgan fingerprint density at radius 2 is 1.83 bits per heavy atom. The molecule has 1 unspecified atom stereocenters. The zero-order valence-corrected chi connectivity index (χ0v) is 23.7. The van der Waals surface area contributed by atoms with Crippen molar-refractivity contribution >= 4 is 61.2 Å². The number of carbonyl (C=O) groups is 3. The number of benzene rings is 1. The second-order valence-corrected chi connectivity index (χ2v) is 11.9. The number of amides is 3. The highest BCUT2D eigenvalue weighted by Gasteiger charge is 2.37. The van der Waals surface area contributed by atoms with Crippen molar-refractivity contribution in [2.24, 2.45) is 5.92 Å². The predicted molar refractivity (Wildman–Crippen MR) is 144 cm³/mol. The number of nitrogens with one attached hydrogen (secondary N) is 1. The van der Waals surface area contributed by atoms with Gasteiger partial charge >= 0.3 is 6.03 Å². The lowest BCUT2D eigenvalue weighted by Crippen LogP contribution is -2.51. The van der Waals surface area contributed by atoms with Gasteiger partial charge in [-0.3, -0.25) is 14.6 Å². The van der Waals surface area contributed by atoms with Crippen LogP contribution in [0.1, 0.15) is 47.6 Å². The van der Waals surface area contributed by atoms with Crippen molar-refractivity contribution in [2.75, 3.05) is 32.7 Å². The maximum atomic E-state index is 12.9. The summed E-state index contributed by atoms with van der Waals surface area (Å²) in [6, 6.07) is 5.89. The summed E-state index contributed by atoms with van der Waals surface area (Å²) in [5, 5.41) is 3.43. The lowest BCUT2D eigenvalue weighted by molar-refractivity contribution is -0.146. The van der Waals surface area contributed by atoms with Crippen LogP contribution >= 0.6 is 43.5 Å². The van der Waals surface area contributed by atoms with Crippen LogP contribution in [0.25, 0.3) is 0 Å². The lowest BCUT2D eigenvalue weighted by Gasteiger charge is -2.37. The number of hydrogen-bond acceptors (Lipinski definition) is 4. The molecule has 7 nitrogen and oxygen atoms in total. The standard InChI is InChI=1S/C26H27Br2ClN4O3/c27-18-10-17-3-2-16-11-19(29)12-20(28)22(16)23(24(17)31-13-18)15-4-8-32(9-5-15)25(35)21(34)14-33-7-1-6-30-26(33)36/h10-13,15,23H,1-9,14H2,(H,30,36). The summed E-state index contributed by atoms with van der Waals surface area (Å²) in [5.41, 5.74) is 4.76. The van der Waals surface area contributed by atoms with E-state index in [4.69, 9.17) is 16.6 Å². The van der Waals surface area contributed by atoms with Gasteiger partial charge in [-0.25, -0.2) is 4.79 Å². The van der Waals surface area contributed by atoms with E-state index in [9.17, 15) is 14.4 Å². The maximum Gasteiger partial charge on any atom is 0.317 e. The molecule has 0 bridgehead atoms. The summed E-state index contributed by atoms with van der Waals surface area (Å²) in [7, 11) is 0. The Labute approximate surface area is 232 Å². The smallest absolute Gasteiger partial charge is 0.317 e. The van der Waals surface area contributed by atoms with E-state index in [-0.39, 0.29) is 24.4 Å². The van der Waals surface area contributed by atoms with E-state index in [0.717, 1.165) is 46.7 Å². The molecule has 3 aliphatic rings. The zero-order chi connectivity index (χ0) is 25.4. The van der Waals surface area contributed by atoms with Crippen molar-refractivity contribution in [3.05, 3.63) is 60.7 Å². The average molecular weight is 639 g/mol. The Hall–Kier alpha value is -1.97. The summed E-state index contributed by atoms with van der Waals surface area (Å²) >= 11 is 13.8. The van der Waals surface area contributed by atoms with Gasteiger partial charge in [0.1, 0.15) is 0 Å². The number of likely N-dealkylation sites (tertiary alicyclic amines) is 1. The molecule has 36 heavy (non-hydrogen) atoms. The second-order valence-electron chi connectivity index (χ2n) is 9.70. The molecule has 2 aromatic rings. The van der Waals surface area contributed by atoms with E-state index < -0.39 is 11.7 Å². The van der Waals surface area contributed by atoms with Crippen LogP contribution in [0.4, 0.5) is 4.79 Å². The molecule has 190 valence electrons. The van der Waals surface area contributed by atoms with E-state index in [1.54, 1.807) is 4.90 Å². The number of Topliss-reactive ketones (excluding diaryl/α,β-unsaturated/α-hetero) is 1.